The lowest BCUT2D eigenvalue weighted by atomic mass is 9.87. The molecule has 0 radical (unpaired) electrons. The van der Waals surface area contributed by atoms with Gasteiger partial charge in [-0.2, -0.15) is 0 Å². The quantitative estimate of drug-likeness (QED) is 0.0422. The average molecular weight is 760 g/mol. The van der Waals surface area contributed by atoms with Crippen LogP contribution in [-0.4, -0.2) is 125 Å². The van der Waals surface area contributed by atoms with Crippen LogP contribution in [0.4, 0.5) is 0 Å². The van der Waals surface area contributed by atoms with E-state index in [4.69, 9.17) is 18.9 Å². The van der Waals surface area contributed by atoms with Gasteiger partial charge >= 0.3 is 0 Å². The number of rotatable bonds is 32. The number of aliphatic hydroxyl groups is 6. The van der Waals surface area contributed by atoms with E-state index < -0.39 is 55.6 Å². The molecule has 0 bridgehead atoms. The van der Waals surface area contributed by atoms with Crippen molar-refractivity contribution in [2.45, 2.75) is 222 Å². The third-order valence-electron chi connectivity index (χ3n) is 12.1. The Balaban J connectivity index is 1.40. The van der Waals surface area contributed by atoms with Crippen molar-refractivity contribution in [2.75, 3.05) is 39.6 Å². The fraction of sp³-hybridized carbons (Fsp3) is 1.00. The van der Waals surface area contributed by atoms with Crippen molar-refractivity contribution in [2.24, 2.45) is 5.92 Å². The summed E-state index contributed by atoms with van der Waals surface area (Å²) in [5, 5.41) is 66.8. The molecule has 3 aliphatic rings. The van der Waals surface area contributed by atoms with Gasteiger partial charge in [0.05, 0.1) is 50.2 Å². The number of unbranched alkanes of at least 4 members (excludes halogenated alkanes) is 18. The molecule has 11 nitrogen and oxygen atoms in total. The minimum absolute atomic E-state index is 0.115. The SMILES string of the molecule is CCCCCCCCCCCCCC[C@@H](O)[C@@H](O)[C@H](COC1OC(CO)C(O)C(O)C1O)NC1(CCCCCCCCCCC2CCOCC2)COC1. The molecule has 5 unspecified atom stereocenters. The van der Waals surface area contributed by atoms with Gasteiger partial charge in [0, 0.05) is 13.2 Å². The molecule has 0 amide bonds. The lowest BCUT2D eigenvalue weighted by Gasteiger charge is -2.46. The fourth-order valence-electron chi connectivity index (χ4n) is 8.30. The second-order valence-corrected chi connectivity index (χ2v) is 16.7. The topological polar surface area (TPSA) is 170 Å². The maximum absolute atomic E-state index is 11.5. The molecule has 3 aliphatic heterocycles. The summed E-state index contributed by atoms with van der Waals surface area (Å²) in [6.07, 6.45) is 20.6. The third kappa shape index (κ3) is 18.1. The molecule has 0 aromatic rings. The van der Waals surface area contributed by atoms with Crippen LogP contribution in [0, 0.1) is 5.92 Å². The first-order chi connectivity index (χ1) is 25.8. The van der Waals surface area contributed by atoms with E-state index in [1.807, 2.05) is 0 Å². The minimum atomic E-state index is -1.55. The molecule has 7 N–H and O–H groups in total. The van der Waals surface area contributed by atoms with E-state index in [2.05, 4.69) is 12.2 Å². The van der Waals surface area contributed by atoms with Crippen molar-refractivity contribution in [3.63, 3.8) is 0 Å². The molecule has 0 saturated carbocycles. The normalized spacial score (nSPS) is 26.7. The van der Waals surface area contributed by atoms with Crippen LogP contribution in [0.3, 0.4) is 0 Å². The number of nitrogens with one attached hydrogen (secondary N) is 1. The van der Waals surface area contributed by atoms with Crippen LogP contribution in [0.1, 0.15) is 167 Å². The lowest BCUT2D eigenvalue weighted by Crippen LogP contribution is -2.67. The maximum atomic E-state index is 11.5. The van der Waals surface area contributed by atoms with Crippen LogP contribution in [0.5, 0.6) is 0 Å². The Bertz CT molecular complexity index is 873. The number of ether oxygens (including phenoxy) is 4. The lowest BCUT2D eigenvalue weighted by molar-refractivity contribution is -0.303. The van der Waals surface area contributed by atoms with Crippen LogP contribution in [0.25, 0.3) is 0 Å². The van der Waals surface area contributed by atoms with Gasteiger partial charge in [-0.3, -0.25) is 5.32 Å². The van der Waals surface area contributed by atoms with E-state index in [1.165, 1.54) is 116 Å². The first kappa shape index (κ1) is 46.9. The summed E-state index contributed by atoms with van der Waals surface area (Å²) in [5.41, 5.74) is -0.357. The van der Waals surface area contributed by atoms with Crippen LogP contribution >= 0.6 is 0 Å². The Hall–Kier alpha value is -0.440. The number of hydrogen-bond donors (Lipinski definition) is 7. The van der Waals surface area contributed by atoms with Gasteiger partial charge in [0.2, 0.25) is 0 Å². The van der Waals surface area contributed by atoms with Crippen molar-refractivity contribution in [1.29, 1.82) is 0 Å². The zero-order valence-corrected chi connectivity index (χ0v) is 33.4. The van der Waals surface area contributed by atoms with Gasteiger partial charge < -0.3 is 49.6 Å². The largest absolute Gasteiger partial charge is 0.394 e. The van der Waals surface area contributed by atoms with Crippen LogP contribution in [-0.2, 0) is 18.9 Å². The zero-order chi connectivity index (χ0) is 38.2. The summed E-state index contributed by atoms with van der Waals surface area (Å²) in [7, 11) is 0. The van der Waals surface area contributed by atoms with E-state index in [-0.39, 0.29) is 12.1 Å². The predicted molar refractivity (Wildman–Crippen MR) is 208 cm³/mol. The second kappa shape index (κ2) is 28.0. The molecule has 0 spiro atoms. The Morgan fingerprint density at radius 3 is 1.77 bits per heavy atom. The highest BCUT2D eigenvalue weighted by Gasteiger charge is 2.46. The standard InChI is InChI=1S/C42H81NO10/c1-2-3-4-5-6-7-8-9-10-14-17-20-23-35(45)37(46)34(30-52-41-40(49)39(48)38(47)36(29-44)53-41)43-42(31-51-32-42)26-21-18-15-12-11-13-16-19-22-33-24-27-50-28-25-33/h33-41,43-49H,2-32H2,1H3/t34-,35+,36?,37-,38?,39?,40?,41?/m0/s1. The van der Waals surface area contributed by atoms with Gasteiger partial charge in [-0.25, -0.2) is 0 Å². The maximum Gasteiger partial charge on any atom is 0.186 e. The molecule has 3 rings (SSSR count). The smallest absolute Gasteiger partial charge is 0.186 e. The summed E-state index contributed by atoms with van der Waals surface area (Å²) in [4.78, 5) is 0. The molecule has 3 fully saturated rings. The Morgan fingerprint density at radius 2 is 1.23 bits per heavy atom. The van der Waals surface area contributed by atoms with Crippen molar-refractivity contribution >= 4 is 0 Å². The Kier molecular flexibility index (Phi) is 24.8. The fourth-order valence-corrected chi connectivity index (χ4v) is 8.30. The zero-order valence-electron chi connectivity index (χ0n) is 33.4. The summed E-state index contributed by atoms with van der Waals surface area (Å²) in [6, 6.07) is -0.695. The molecule has 0 aromatic carbocycles. The van der Waals surface area contributed by atoms with E-state index in [0.717, 1.165) is 57.7 Å². The van der Waals surface area contributed by atoms with Gasteiger partial charge in [0.25, 0.3) is 0 Å². The number of hydrogen-bond acceptors (Lipinski definition) is 11. The van der Waals surface area contributed by atoms with Crippen LogP contribution < -0.4 is 5.32 Å². The number of aliphatic hydroxyl groups excluding tert-OH is 6. The molecule has 3 saturated heterocycles. The molecule has 314 valence electrons. The summed E-state index contributed by atoms with van der Waals surface area (Å²) in [6.45, 7) is 4.45. The average Bonchev–Trinajstić information content (AvgIpc) is 3.15. The molecular formula is C42H81NO10. The van der Waals surface area contributed by atoms with Gasteiger partial charge in [0.1, 0.15) is 24.4 Å². The second-order valence-electron chi connectivity index (χ2n) is 16.7. The van der Waals surface area contributed by atoms with Crippen molar-refractivity contribution in [3.8, 4) is 0 Å². The van der Waals surface area contributed by atoms with E-state index >= 15 is 0 Å². The first-order valence-electron chi connectivity index (χ1n) is 22.0. The van der Waals surface area contributed by atoms with Gasteiger partial charge in [-0.05, 0) is 31.6 Å². The van der Waals surface area contributed by atoms with Crippen LogP contribution in [0.15, 0.2) is 0 Å². The van der Waals surface area contributed by atoms with Crippen LogP contribution in [0.2, 0.25) is 0 Å². The Morgan fingerprint density at radius 1 is 0.679 bits per heavy atom. The molecule has 8 atom stereocenters. The Labute approximate surface area is 321 Å². The molecule has 0 aromatic heterocycles. The van der Waals surface area contributed by atoms with Crippen molar-refractivity contribution in [3.05, 3.63) is 0 Å². The molecule has 53 heavy (non-hydrogen) atoms. The van der Waals surface area contributed by atoms with Gasteiger partial charge in [-0.1, -0.05) is 142 Å². The highest BCUT2D eigenvalue weighted by molar-refractivity contribution is 4.99. The third-order valence-corrected chi connectivity index (χ3v) is 12.1. The van der Waals surface area contributed by atoms with Gasteiger partial charge in [-0.15, -0.1) is 0 Å². The molecule has 3 heterocycles. The molecule has 11 heteroatoms. The van der Waals surface area contributed by atoms with E-state index in [0.29, 0.717) is 19.6 Å². The van der Waals surface area contributed by atoms with Crippen molar-refractivity contribution in [1.82, 2.24) is 5.32 Å². The summed E-state index contributed by atoms with van der Waals surface area (Å²) >= 11 is 0. The first-order valence-corrected chi connectivity index (χ1v) is 22.0. The minimum Gasteiger partial charge on any atom is -0.394 e. The monoisotopic (exact) mass is 760 g/mol. The predicted octanol–water partition coefficient (Wildman–Crippen LogP) is 5.67. The summed E-state index contributed by atoms with van der Waals surface area (Å²) in [5.74, 6) is 0.864. The van der Waals surface area contributed by atoms with Crippen molar-refractivity contribution < 1.29 is 49.6 Å². The molecular weight excluding hydrogens is 678 g/mol. The van der Waals surface area contributed by atoms with E-state index in [9.17, 15) is 30.6 Å². The highest BCUT2D eigenvalue weighted by Crippen LogP contribution is 2.28. The summed E-state index contributed by atoms with van der Waals surface area (Å²) < 4.78 is 22.6. The molecule has 0 aliphatic carbocycles. The highest BCUT2D eigenvalue weighted by atomic mass is 16.7. The van der Waals surface area contributed by atoms with Gasteiger partial charge in [0.15, 0.2) is 6.29 Å². The van der Waals surface area contributed by atoms with E-state index in [1.54, 1.807) is 0 Å².